The molecule has 0 spiro atoms. The zero-order valence-electron chi connectivity index (χ0n) is 12.1. The molecule has 0 amide bonds. The quantitative estimate of drug-likeness (QED) is 0.881. The fraction of sp³-hybridized carbons (Fsp3) is 0.400. The van der Waals surface area contributed by atoms with Crippen LogP contribution in [-0.4, -0.2) is 23.4 Å². The molecule has 2 aromatic rings. The Morgan fingerprint density at radius 2 is 2.25 bits per heavy atom. The molecule has 0 fully saturated rings. The van der Waals surface area contributed by atoms with Gasteiger partial charge in [-0.1, -0.05) is 19.1 Å². The van der Waals surface area contributed by atoms with Crippen LogP contribution in [0.1, 0.15) is 24.2 Å². The number of methoxy groups -OCH3 is 1. The highest BCUT2D eigenvalue weighted by atomic mass is 19.1. The molecule has 0 radical (unpaired) electrons. The lowest BCUT2D eigenvalue weighted by atomic mass is 10.0. The number of benzene rings is 1. The highest BCUT2D eigenvalue weighted by Gasteiger charge is 2.20. The summed E-state index contributed by atoms with van der Waals surface area (Å²) in [4.78, 5) is 0. The molecule has 1 N–H and O–H groups in total. The van der Waals surface area contributed by atoms with Crippen LogP contribution >= 0.6 is 0 Å². The smallest absolute Gasteiger partial charge is 0.161 e. The van der Waals surface area contributed by atoms with Crippen LogP contribution in [-0.2, 0) is 13.5 Å². The summed E-state index contributed by atoms with van der Waals surface area (Å²) in [6.07, 6.45) is 2.38. The fourth-order valence-electron chi connectivity index (χ4n) is 2.39. The van der Waals surface area contributed by atoms with Gasteiger partial charge in [0, 0.05) is 7.05 Å². The number of nitrogens with zero attached hydrogens (tertiary/aromatic N) is 2. The molecule has 1 aromatic carbocycles. The maximum atomic E-state index is 13.3. The molecule has 1 aromatic heterocycles. The summed E-state index contributed by atoms with van der Waals surface area (Å²) in [6.45, 7) is 2.86. The van der Waals surface area contributed by atoms with Gasteiger partial charge in [0.15, 0.2) is 5.75 Å². The van der Waals surface area contributed by atoms with E-state index in [-0.39, 0.29) is 11.9 Å². The molecule has 1 atom stereocenters. The van der Waals surface area contributed by atoms with Crippen LogP contribution in [0.15, 0.2) is 30.5 Å². The number of ether oxygens (including phenoxy) is 1. The molecule has 0 saturated heterocycles. The van der Waals surface area contributed by atoms with Crippen molar-refractivity contribution in [3.63, 3.8) is 0 Å². The van der Waals surface area contributed by atoms with Crippen molar-refractivity contribution >= 4 is 0 Å². The average molecular weight is 277 g/mol. The van der Waals surface area contributed by atoms with Crippen molar-refractivity contribution in [2.45, 2.75) is 19.4 Å². The number of aryl methyl sites for hydroxylation is 1. The number of likely N-dealkylation sites (N-methyl/N-ethyl adjacent to an activating group) is 1. The van der Waals surface area contributed by atoms with Crippen LogP contribution in [0.25, 0.3) is 0 Å². The summed E-state index contributed by atoms with van der Waals surface area (Å²) in [5.41, 5.74) is 1.91. The minimum atomic E-state index is -0.213. The third-order valence-electron chi connectivity index (χ3n) is 3.28. The van der Waals surface area contributed by atoms with Gasteiger partial charge in [0.05, 0.1) is 25.0 Å². The summed E-state index contributed by atoms with van der Waals surface area (Å²) in [5, 5.41) is 7.63. The molecular weight excluding hydrogens is 257 g/mol. The first-order chi connectivity index (χ1) is 9.65. The minimum absolute atomic E-state index is 0.0317. The molecule has 0 saturated carbocycles. The Balaban J connectivity index is 2.29. The van der Waals surface area contributed by atoms with Crippen molar-refractivity contribution in [3.05, 3.63) is 47.5 Å². The highest BCUT2D eigenvalue weighted by Crippen LogP contribution is 2.27. The van der Waals surface area contributed by atoms with Gasteiger partial charge >= 0.3 is 0 Å². The summed E-state index contributed by atoms with van der Waals surface area (Å²) < 4.78 is 20.5. The standard InChI is InChI=1S/C15H20FN3O/c1-4-17-13(9-11-6-5-7-12(16)8-11)15-14(20-3)10-18-19(15)2/h5-8,10,13,17H,4,9H2,1-3H3. The Morgan fingerprint density at radius 3 is 2.90 bits per heavy atom. The second-order valence-electron chi connectivity index (χ2n) is 4.67. The summed E-state index contributed by atoms with van der Waals surface area (Å²) in [7, 11) is 3.51. The zero-order chi connectivity index (χ0) is 14.5. The average Bonchev–Trinajstić information content (AvgIpc) is 2.79. The zero-order valence-corrected chi connectivity index (χ0v) is 12.1. The van der Waals surface area contributed by atoms with Crippen molar-refractivity contribution in [3.8, 4) is 5.75 Å². The lowest BCUT2D eigenvalue weighted by Crippen LogP contribution is -2.25. The van der Waals surface area contributed by atoms with E-state index >= 15 is 0 Å². The third-order valence-corrected chi connectivity index (χ3v) is 3.28. The van der Waals surface area contributed by atoms with Gasteiger partial charge in [0.2, 0.25) is 0 Å². The Morgan fingerprint density at radius 1 is 1.45 bits per heavy atom. The van der Waals surface area contributed by atoms with E-state index in [1.165, 1.54) is 6.07 Å². The molecule has 20 heavy (non-hydrogen) atoms. The number of nitrogens with one attached hydrogen (secondary N) is 1. The Hall–Kier alpha value is -1.88. The monoisotopic (exact) mass is 277 g/mol. The van der Waals surface area contributed by atoms with Crippen LogP contribution in [0.2, 0.25) is 0 Å². The van der Waals surface area contributed by atoms with Gasteiger partial charge < -0.3 is 10.1 Å². The van der Waals surface area contributed by atoms with Crippen molar-refractivity contribution in [2.75, 3.05) is 13.7 Å². The predicted octanol–water partition coefficient (Wildman–Crippen LogP) is 2.46. The van der Waals surface area contributed by atoms with E-state index in [1.54, 1.807) is 30.1 Å². The molecule has 0 aliphatic rings. The van der Waals surface area contributed by atoms with Gasteiger partial charge in [-0.2, -0.15) is 5.10 Å². The molecule has 2 rings (SSSR count). The molecule has 0 aliphatic heterocycles. The molecule has 5 heteroatoms. The van der Waals surface area contributed by atoms with E-state index in [2.05, 4.69) is 10.4 Å². The molecular formula is C15H20FN3O. The summed E-state index contributed by atoms with van der Waals surface area (Å²) >= 11 is 0. The van der Waals surface area contributed by atoms with Crippen molar-refractivity contribution < 1.29 is 9.13 Å². The van der Waals surface area contributed by atoms with Gasteiger partial charge in [-0.05, 0) is 30.7 Å². The predicted molar refractivity (Wildman–Crippen MR) is 76.3 cm³/mol. The van der Waals surface area contributed by atoms with E-state index in [4.69, 9.17) is 4.74 Å². The van der Waals surface area contributed by atoms with E-state index < -0.39 is 0 Å². The van der Waals surface area contributed by atoms with Gasteiger partial charge in [-0.3, -0.25) is 4.68 Å². The van der Waals surface area contributed by atoms with Crippen LogP contribution in [0.5, 0.6) is 5.75 Å². The second kappa shape index (κ2) is 6.52. The Labute approximate surface area is 118 Å². The number of hydrogen-bond acceptors (Lipinski definition) is 3. The van der Waals surface area contributed by atoms with Crippen LogP contribution in [0.4, 0.5) is 4.39 Å². The molecule has 4 nitrogen and oxygen atoms in total. The normalized spacial score (nSPS) is 12.4. The largest absolute Gasteiger partial charge is 0.493 e. The van der Waals surface area contributed by atoms with Crippen molar-refractivity contribution in [2.24, 2.45) is 7.05 Å². The number of halogens is 1. The van der Waals surface area contributed by atoms with Gasteiger partial charge in [-0.15, -0.1) is 0 Å². The number of rotatable bonds is 6. The fourth-order valence-corrected chi connectivity index (χ4v) is 2.39. The number of aromatic nitrogens is 2. The summed E-state index contributed by atoms with van der Waals surface area (Å²) in [6, 6.07) is 6.71. The van der Waals surface area contributed by atoms with Gasteiger partial charge in [-0.25, -0.2) is 4.39 Å². The van der Waals surface area contributed by atoms with E-state index in [0.717, 1.165) is 23.6 Å². The van der Waals surface area contributed by atoms with Crippen LogP contribution < -0.4 is 10.1 Å². The van der Waals surface area contributed by atoms with Gasteiger partial charge in [0.1, 0.15) is 5.82 Å². The van der Waals surface area contributed by atoms with Crippen molar-refractivity contribution in [1.29, 1.82) is 0 Å². The van der Waals surface area contributed by atoms with E-state index in [0.29, 0.717) is 6.42 Å². The first kappa shape index (κ1) is 14.5. The first-order valence-electron chi connectivity index (χ1n) is 6.69. The van der Waals surface area contributed by atoms with Crippen LogP contribution in [0.3, 0.4) is 0 Å². The Bertz CT molecular complexity index is 568. The maximum absolute atomic E-state index is 13.3. The summed E-state index contributed by atoms with van der Waals surface area (Å²) in [5.74, 6) is 0.532. The number of hydrogen-bond donors (Lipinski definition) is 1. The van der Waals surface area contributed by atoms with Crippen LogP contribution in [0, 0.1) is 5.82 Å². The Kier molecular flexibility index (Phi) is 4.74. The van der Waals surface area contributed by atoms with Gasteiger partial charge in [0.25, 0.3) is 0 Å². The molecule has 0 bridgehead atoms. The second-order valence-corrected chi connectivity index (χ2v) is 4.67. The molecule has 0 aliphatic carbocycles. The third kappa shape index (κ3) is 3.17. The molecule has 108 valence electrons. The first-order valence-corrected chi connectivity index (χ1v) is 6.69. The maximum Gasteiger partial charge on any atom is 0.161 e. The molecule has 1 unspecified atom stereocenters. The van der Waals surface area contributed by atoms with Crippen molar-refractivity contribution in [1.82, 2.24) is 15.1 Å². The molecule has 1 heterocycles. The lowest BCUT2D eigenvalue weighted by molar-refractivity contribution is 0.394. The van der Waals surface area contributed by atoms with E-state index in [9.17, 15) is 4.39 Å². The van der Waals surface area contributed by atoms with E-state index in [1.807, 2.05) is 20.0 Å². The SMILES string of the molecule is CCNC(Cc1cccc(F)c1)c1c(OC)cnn1C. The topological polar surface area (TPSA) is 39.1 Å². The lowest BCUT2D eigenvalue weighted by Gasteiger charge is -2.19. The minimum Gasteiger partial charge on any atom is -0.493 e. The highest BCUT2D eigenvalue weighted by molar-refractivity contribution is 5.30.